The number of fused-ring (bicyclic) bond motifs is 1. The summed E-state index contributed by atoms with van der Waals surface area (Å²) in [7, 11) is 0. The maximum atomic E-state index is 12.5. The zero-order valence-corrected chi connectivity index (χ0v) is 19.9. The molecule has 0 aliphatic carbocycles. The zero-order valence-electron chi connectivity index (χ0n) is 19.1. The molecule has 0 saturated heterocycles. The molecule has 34 heavy (non-hydrogen) atoms. The molecule has 3 aromatic heterocycles. The number of aromatic nitrogens is 6. The van der Waals surface area contributed by atoms with E-state index < -0.39 is 0 Å². The number of carbonyl (C=O) groups excluding carboxylic acids is 1. The second kappa shape index (κ2) is 10.8. The van der Waals surface area contributed by atoms with E-state index in [2.05, 4.69) is 41.1 Å². The molecule has 176 valence electrons. The minimum atomic E-state index is -0.203. The standard InChI is InChI=1S/C22H25N9O2S/c1-4-23-19-27-20(24-5-2)31-21(28-19)29-30-22(31)34-13-17(32)26-15-8-11-18(25-12-15)33-16-9-6-14(3)7-10-16/h6-12H,4-5,13H2,1-3H3,(H,26,32)(H2,23,24,27,28,29). The number of nitrogens with one attached hydrogen (secondary N) is 3. The van der Waals surface area contributed by atoms with Crippen LogP contribution in [-0.4, -0.2) is 54.3 Å². The number of aryl methyl sites for hydroxylation is 1. The van der Waals surface area contributed by atoms with Gasteiger partial charge in [0.15, 0.2) is 5.16 Å². The third kappa shape index (κ3) is 5.70. The summed E-state index contributed by atoms with van der Waals surface area (Å²) in [6.07, 6.45) is 1.55. The Hall–Kier alpha value is -3.93. The maximum absolute atomic E-state index is 12.5. The predicted molar refractivity (Wildman–Crippen MR) is 132 cm³/mol. The number of pyridine rings is 1. The van der Waals surface area contributed by atoms with Gasteiger partial charge in [-0.2, -0.15) is 9.97 Å². The number of anilines is 3. The normalized spacial score (nSPS) is 10.8. The van der Waals surface area contributed by atoms with Crippen LogP contribution in [0, 0.1) is 6.92 Å². The van der Waals surface area contributed by atoms with Crippen LogP contribution in [-0.2, 0) is 4.79 Å². The topological polar surface area (TPSA) is 131 Å². The first-order valence-electron chi connectivity index (χ1n) is 10.8. The van der Waals surface area contributed by atoms with E-state index in [1.807, 2.05) is 45.0 Å². The Labute approximate surface area is 200 Å². The highest BCUT2D eigenvalue weighted by Gasteiger charge is 2.16. The van der Waals surface area contributed by atoms with Crippen LogP contribution in [0.2, 0.25) is 0 Å². The van der Waals surface area contributed by atoms with Gasteiger partial charge in [0, 0.05) is 19.2 Å². The van der Waals surface area contributed by atoms with Crippen LogP contribution >= 0.6 is 11.8 Å². The highest BCUT2D eigenvalue weighted by Crippen LogP contribution is 2.23. The monoisotopic (exact) mass is 479 g/mol. The van der Waals surface area contributed by atoms with E-state index in [1.54, 1.807) is 22.7 Å². The first-order valence-corrected chi connectivity index (χ1v) is 11.8. The summed E-state index contributed by atoms with van der Waals surface area (Å²) < 4.78 is 7.41. The number of thioether (sulfide) groups is 1. The zero-order chi connectivity index (χ0) is 23.9. The van der Waals surface area contributed by atoms with Crippen molar-refractivity contribution in [3.05, 3.63) is 48.2 Å². The third-order valence-corrected chi connectivity index (χ3v) is 5.44. The van der Waals surface area contributed by atoms with Crippen molar-refractivity contribution >= 4 is 41.0 Å². The lowest BCUT2D eigenvalue weighted by molar-refractivity contribution is -0.113. The fourth-order valence-corrected chi connectivity index (χ4v) is 3.69. The van der Waals surface area contributed by atoms with Crippen LogP contribution in [0.25, 0.3) is 5.78 Å². The number of ether oxygens (including phenoxy) is 1. The van der Waals surface area contributed by atoms with Gasteiger partial charge in [-0.1, -0.05) is 29.5 Å². The van der Waals surface area contributed by atoms with Crippen molar-refractivity contribution in [3.8, 4) is 11.6 Å². The molecule has 3 heterocycles. The van der Waals surface area contributed by atoms with Gasteiger partial charge in [-0.05, 0) is 39.0 Å². The lowest BCUT2D eigenvalue weighted by atomic mass is 10.2. The van der Waals surface area contributed by atoms with Crippen LogP contribution in [0.1, 0.15) is 19.4 Å². The van der Waals surface area contributed by atoms with Gasteiger partial charge in [0.25, 0.3) is 5.78 Å². The molecule has 11 nitrogen and oxygen atoms in total. The Kier molecular flexibility index (Phi) is 7.38. The molecule has 1 amide bonds. The molecule has 0 aliphatic rings. The molecule has 12 heteroatoms. The molecule has 0 atom stereocenters. The van der Waals surface area contributed by atoms with Crippen LogP contribution in [0.3, 0.4) is 0 Å². The summed E-state index contributed by atoms with van der Waals surface area (Å²) in [5, 5.41) is 17.9. The minimum absolute atomic E-state index is 0.128. The quantitative estimate of drug-likeness (QED) is 0.290. The number of nitrogens with zero attached hydrogens (tertiary/aromatic N) is 6. The van der Waals surface area contributed by atoms with Crippen molar-refractivity contribution < 1.29 is 9.53 Å². The SMILES string of the molecule is CCNc1nc(NCC)n2c(SCC(=O)Nc3ccc(Oc4ccc(C)cc4)nc3)nnc2n1. The third-order valence-electron chi connectivity index (χ3n) is 4.51. The second-order valence-corrected chi connectivity index (χ2v) is 8.13. The van der Waals surface area contributed by atoms with E-state index in [4.69, 9.17) is 4.74 Å². The van der Waals surface area contributed by atoms with E-state index in [1.165, 1.54) is 11.8 Å². The van der Waals surface area contributed by atoms with Gasteiger partial charge in [0.1, 0.15) is 5.75 Å². The van der Waals surface area contributed by atoms with Gasteiger partial charge in [-0.25, -0.2) is 9.38 Å². The summed E-state index contributed by atoms with van der Waals surface area (Å²) in [4.78, 5) is 25.6. The predicted octanol–water partition coefficient (Wildman–Crippen LogP) is 3.61. The van der Waals surface area contributed by atoms with Gasteiger partial charge >= 0.3 is 0 Å². The van der Waals surface area contributed by atoms with E-state index in [0.29, 0.717) is 53.2 Å². The molecule has 0 spiro atoms. The molecule has 0 aliphatic heterocycles. The van der Waals surface area contributed by atoms with Gasteiger partial charge in [-0.15, -0.1) is 10.2 Å². The van der Waals surface area contributed by atoms with Crippen LogP contribution < -0.4 is 20.7 Å². The van der Waals surface area contributed by atoms with Crippen molar-refractivity contribution in [2.75, 3.05) is 34.8 Å². The van der Waals surface area contributed by atoms with E-state index in [9.17, 15) is 4.79 Å². The van der Waals surface area contributed by atoms with Crippen LogP contribution in [0.4, 0.5) is 17.6 Å². The first kappa shape index (κ1) is 23.2. The molecule has 0 bridgehead atoms. The van der Waals surface area contributed by atoms with Crippen molar-refractivity contribution in [1.82, 2.24) is 29.5 Å². The lowest BCUT2D eigenvalue weighted by Gasteiger charge is -2.10. The van der Waals surface area contributed by atoms with E-state index in [0.717, 1.165) is 5.56 Å². The summed E-state index contributed by atoms with van der Waals surface area (Å²) in [6, 6.07) is 11.1. The summed E-state index contributed by atoms with van der Waals surface area (Å²) in [6.45, 7) is 7.29. The highest BCUT2D eigenvalue weighted by atomic mass is 32.2. The minimum Gasteiger partial charge on any atom is -0.439 e. The van der Waals surface area contributed by atoms with E-state index in [-0.39, 0.29) is 11.7 Å². The highest BCUT2D eigenvalue weighted by molar-refractivity contribution is 7.99. The Morgan fingerprint density at radius 3 is 2.53 bits per heavy atom. The van der Waals surface area contributed by atoms with Gasteiger partial charge in [0.05, 0.1) is 17.6 Å². The molecule has 1 aromatic carbocycles. The second-order valence-electron chi connectivity index (χ2n) is 7.19. The summed E-state index contributed by atoms with van der Waals surface area (Å²) in [5.41, 5.74) is 1.72. The first-order chi connectivity index (χ1) is 16.6. The van der Waals surface area contributed by atoms with E-state index >= 15 is 0 Å². The maximum Gasteiger partial charge on any atom is 0.261 e. The largest absolute Gasteiger partial charge is 0.439 e. The van der Waals surface area contributed by atoms with Gasteiger partial charge < -0.3 is 20.7 Å². The Morgan fingerprint density at radius 2 is 1.82 bits per heavy atom. The smallest absolute Gasteiger partial charge is 0.261 e. The molecular weight excluding hydrogens is 454 g/mol. The number of hydrogen-bond donors (Lipinski definition) is 3. The van der Waals surface area contributed by atoms with Crippen LogP contribution in [0.15, 0.2) is 47.8 Å². The van der Waals surface area contributed by atoms with Crippen molar-refractivity contribution in [2.24, 2.45) is 0 Å². The molecular formula is C22H25N9O2S. The molecule has 0 radical (unpaired) electrons. The van der Waals surface area contributed by atoms with Crippen LogP contribution in [0.5, 0.6) is 11.6 Å². The molecule has 0 unspecified atom stereocenters. The van der Waals surface area contributed by atoms with Crippen molar-refractivity contribution in [1.29, 1.82) is 0 Å². The number of benzene rings is 1. The average molecular weight is 480 g/mol. The Bertz CT molecular complexity index is 1260. The number of carbonyl (C=O) groups is 1. The molecule has 0 saturated carbocycles. The molecule has 3 N–H and O–H groups in total. The molecule has 0 fully saturated rings. The van der Waals surface area contributed by atoms with Gasteiger partial charge in [0.2, 0.25) is 23.7 Å². The van der Waals surface area contributed by atoms with Gasteiger partial charge in [-0.3, -0.25) is 4.79 Å². The van der Waals surface area contributed by atoms with Crippen molar-refractivity contribution in [3.63, 3.8) is 0 Å². The Morgan fingerprint density at radius 1 is 1.03 bits per heavy atom. The average Bonchev–Trinajstić information content (AvgIpc) is 3.24. The Balaban J connectivity index is 1.37. The van der Waals surface area contributed by atoms with Crippen molar-refractivity contribution in [2.45, 2.75) is 25.9 Å². The lowest BCUT2D eigenvalue weighted by Crippen LogP contribution is -2.15. The fourth-order valence-electron chi connectivity index (χ4n) is 2.97. The molecule has 4 rings (SSSR count). The number of hydrogen-bond acceptors (Lipinski definition) is 10. The molecule has 4 aromatic rings. The summed E-state index contributed by atoms with van der Waals surface area (Å²) in [5.74, 6) is 2.50. The fraction of sp³-hybridized carbons (Fsp3) is 0.273. The number of amides is 1. The summed E-state index contributed by atoms with van der Waals surface area (Å²) >= 11 is 1.24. The number of rotatable bonds is 10.